The van der Waals surface area contributed by atoms with Crippen LogP contribution in [-0.4, -0.2) is 29.2 Å². The van der Waals surface area contributed by atoms with Crippen molar-refractivity contribution in [2.75, 3.05) is 18.1 Å². The Hall–Kier alpha value is -1.69. The predicted octanol–water partition coefficient (Wildman–Crippen LogP) is 2.09. The Bertz CT molecular complexity index is 449. The molecule has 0 heterocycles. The van der Waals surface area contributed by atoms with Crippen LogP contribution in [0.4, 0.5) is 15.8 Å². The minimum Gasteiger partial charge on any atom is -0.395 e. The number of para-hydroxylation sites is 1. The van der Waals surface area contributed by atoms with Crippen molar-refractivity contribution in [1.82, 2.24) is 0 Å². The summed E-state index contributed by atoms with van der Waals surface area (Å²) in [5.74, 6) is -0.834. The molecular formula is C12H15FN2O3. The van der Waals surface area contributed by atoms with Gasteiger partial charge >= 0.3 is 5.69 Å². The van der Waals surface area contributed by atoms with Crippen LogP contribution in [0, 0.1) is 15.9 Å². The highest BCUT2D eigenvalue weighted by Gasteiger charge is 2.31. The van der Waals surface area contributed by atoms with Crippen molar-refractivity contribution in [3.8, 4) is 0 Å². The number of aliphatic hydroxyl groups is 1. The van der Waals surface area contributed by atoms with E-state index in [4.69, 9.17) is 5.11 Å². The third kappa shape index (κ3) is 2.28. The summed E-state index contributed by atoms with van der Waals surface area (Å²) in [6, 6.07) is 4.24. The first-order valence-electron chi connectivity index (χ1n) is 5.95. The van der Waals surface area contributed by atoms with Crippen LogP contribution in [0.3, 0.4) is 0 Å². The maximum absolute atomic E-state index is 13.6. The molecule has 0 radical (unpaired) electrons. The summed E-state index contributed by atoms with van der Waals surface area (Å²) >= 11 is 0. The lowest BCUT2D eigenvalue weighted by molar-refractivity contribution is -0.386. The molecule has 1 aromatic rings. The van der Waals surface area contributed by atoms with Crippen LogP contribution in [0.25, 0.3) is 0 Å². The van der Waals surface area contributed by atoms with Crippen LogP contribution in [0.15, 0.2) is 18.2 Å². The van der Waals surface area contributed by atoms with Gasteiger partial charge in [-0.15, -0.1) is 0 Å². The van der Waals surface area contributed by atoms with Gasteiger partial charge in [0.1, 0.15) is 5.69 Å². The monoisotopic (exact) mass is 254 g/mol. The fourth-order valence-electron chi connectivity index (χ4n) is 2.22. The van der Waals surface area contributed by atoms with Gasteiger partial charge in [-0.25, -0.2) is 0 Å². The molecular weight excluding hydrogens is 239 g/mol. The number of nitrogens with zero attached hydrogens (tertiary/aromatic N) is 2. The highest BCUT2D eigenvalue weighted by molar-refractivity contribution is 5.64. The van der Waals surface area contributed by atoms with E-state index in [0.29, 0.717) is 0 Å². The van der Waals surface area contributed by atoms with Crippen molar-refractivity contribution in [1.29, 1.82) is 0 Å². The van der Waals surface area contributed by atoms with E-state index in [1.54, 1.807) is 4.90 Å². The number of nitro groups is 1. The molecule has 0 saturated heterocycles. The van der Waals surface area contributed by atoms with Crippen LogP contribution in [0.5, 0.6) is 0 Å². The van der Waals surface area contributed by atoms with Crippen molar-refractivity contribution in [3.05, 3.63) is 34.1 Å². The number of hydrogen-bond donors (Lipinski definition) is 1. The lowest BCUT2D eigenvalue weighted by atomic mass is 9.91. The summed E-state index contributed by atoms with van der Waals surface area (Å²) in [6.07, 6.45) is 2.91. The van der Waals surface area contributed by atoms with E-state index in [1.807, 2.05) is 0 Å². The largest absolute Gasteiger partial charge is 0.395 e. The van der Waals surface area contributed by atoms with E-state index in [9.17, 15) is 14.5 Å². The molecule has 6 heteroatoms. The zero-order chi connectivity index (χ0) is 13.1. The normalized spacial score (nSPS) is 15.2. The van der Waals surface area contributed by atoms with Crippen molar-refractivity contribution in [3.63, 3.8) is 0 Å². The van der Waals surface area contributed by atoms with Crippen molar-refractivity contribution < 1.29 is 14.4 Å². The van der Waals surface area contributed by atoms with E-state index >= 15 is 0 Å². The quantitative estimate of drug-likeness (QED) is 0.645. The Morgan fingerprint density at radius 3 is 2.72 bits per heavy atom. The third-order valence-corrected chi connectivity index (χ3v) is 3.31. The minimum atomic E-state index is -0.834. The highest BCUT2D eigenvalue weighted by atomic mass is 19.1. The van der Waals surface area contributed by atoms with Crippen LogP contribution in [0.2, 0.25) is 0 Å². The smallest absolute Gasteiger partial charge is 0.327 e. The number of aliphatic hydroxyl groups excluding tert-OH is 1. The Morgan fingerprint density at radius 2 is 2.22 bits per heavy atom. The molecule has 0 bridgehead atoms. The molecule has 98 valence electrons. The lowest BCUT2D eigenvalue weighted by Crippen LogP contribution is -2.42. The van der Waals surface area contributed by atoms with Gasteiger partial charge in [0.25, 0.3) is 0 Å². The average molecular weight is 254 g/mol. The fraction of sp³-hybridized carbons (Fsp3) is 0.500. The maximum Gasteiger partial charge on any atom is 0.327 e. The Balaban J connectivity index is 2.39. The zero-order valence-electron chi connectivity index (χ0n) is 9.88. The molecule has 0 aliphatic heterocycles. The first-order chi connectivity index (χ1) is 8.65. The predicted molar refractivity (Wildman–Crippen MR) is 65.1 cm³/mol. The zero-order valence-corrected chi connectivity index (χ0v) is 9.88. The molecule has 0 amide bonds. The second kappa shape index (κ2) is 5.30. The summed E-state index contributed by atoms with van der Waals surface area (Å²) < 4.78 is 13.6. The van der Waals surface area contributed by atoms with Gasteiger partial charge in [-0.2, -0.15) is 4.39 Å². The van der Waals surface area contributed by atoms with E-state index in [1.165, 1.54) is 12.1 Å². The second-order valence-corrected chi connectivity index (χ2v) is 4.37. The molecule has 0 atom stereocenters. The SMILES string of the molecule is O=[N+]([O-])c1c(F)cccc1N(CCO)C1CCC1. The van der Waals surface area contributed by atoms with Gasteiger partial charge in [0.2, 0.25) is 5.82 Å². The fourth-order valence-corrected chi connectivity index (χ4v) is 2.22. The molecule has 18 heavy (non-hydrogen) atoms. The van der Waals surface area contributed by atoms with E-state index < -0.39 is 16.4 Å². The third-order valence-electron chi connectivity index (χ3n) is 3.31. The molecule has 2 rings (SSSR count). The molecule has 0 aromatic heterocycles. The Labute approximate surface area is 104 Å². The van der Waals surface area contributed by atoms with Crippen LogP contribution in [-0.2, 0) is 0 Å². The standard InChI is InChI=1S/C12H15FN2O3/c13-10-5-2-6-11(12(10)15(17)18)14(7-8-16)9-3-1-4-9/h2,5-6,9,16H,1,3-4,7-8H2. The van der Waals surface area contributed by atoms with Gasteiger partial charge in [0, 0.05) is 12.6 Å². The molecule has 1 saturated carbocycles. The molecule has 5 nitrogen and oxygen atoms in total. The molecule has 1 aliphatic rings. The molecule has 1 fully saturated rings. The molecule has 0 spiro atoms. The summed E-state index contributed by atoms with van der Waals surface area (Å²) in [7, 11) is 0. The van der Waals surface area contributed by atoms with Gasteiger partial charge in [-0.05, 0) is 31.4 Å². The number of anilines is 1. The van der Waals surface area contributed by atoms with Gasteiger partial charge in [-0.3, -0.25) is 10.1 Å². The van der Waals surface area contributed by atoms with Crippen LogP contribution < -0.4 is 4.90 Å². The minimum absolute atomic E-state index is 0.107. The first-order valence-corrected chi connectivity index (χ1v) is 5.95. The first kappa shape index (κ1) is 12.8. The highest BCUT2D eigenvalue weighted by Crippen LogP contribution is 2.36. The van der Waals surface area contributed by atoms with Gasteiger partial charge in [-0.1, -0.05) is 6.07 Å². The van der Waals surface area contributed by atoms with E-state index in [-0.39, 0.29) is 24.9 Å². The Kier molecular flexibility index (Phi) is 3.76. The molecule has 1 aromatic carbocycles. The van der Waals surface area contributed by atoms with Crippen LogP contribution in [0.1, 0.15) is 19.3 Å². The maximum atomic E-state index is 13.6. The number of benzene rings is 1. The number of nitro benzene ring substituents is 1. The van der Waals surface area contributed by atoms with Gasteiger partial charge in [0.15, 0.2) is 0 Å². The number of hydrogen-bond acceptors (Lipinski definition) is 4. The summed E-state index contributed by atoms with van der Waals surface area (Å²) in [5, 5.41) is 20.0. The van der Waals surface area contributed by atoms with Gasteiger partial charge < -0.3 is 10.0 Å². The second-order valence-electron chi connectivity index (χ2n) is 4.37. The number of rotatable bonds is 5. The summed E-state index contributed by atoms with van der Waals surface area (Å²) in [5.41, 5.74) is -0.239. The summed E-state index contributed by atoms with van der Waals surface area (Å²) in [6.45, 7) is 0.180. The van der Waals surface area contributed by atoms with Crippen LogP contribution >= 0.6 is 0 Å². The van der Waals surface area contributed by atoms with Crippen molar-refractivity contribution >= 4 is 11.4 Å². The number of halogens is 1. The average Bonchev–Trinajstić information content (AvgIpc) is 2.25. The topological polar surface area (TPSA) is 66.6 Å². The lowest BCUT2D eigenvalue weighted by Gasteiger charge is -2.38. The summed E-state index contributed by atoms with van der Waals surface area (Å²) in [4.78, 5) is 12.0. The molecule has 1 N–H and O–H groups in total. The van der Waals surface area contributed by atoms with Crippen molar-refractivity contribution in [2.24, 2.45) is 0 Å². The molecule has 0 unspecified atom stereocenters. The van der Waals surface area contributed by atoms with Crippen molar-refractivity contribution in [2.45, 2.75) is 25.3 Å². The molecule has 1 aliphatic carbocycles. The van der Waals surface area contributed by atoms with Gasteiger partial charge in [0.05, 0.1) is 11.5 Å². The van der Waals surface area contributed by atoms with E-state index in [0.717, 1.165) is 25.3 Å². The van der Waals surface area contributed by atoms with E-state index in [2.05, 4.69) is 0 Å². The Morgan fingerprint density at radius 1 is 1.50 bits per heavy atom.